The van der Waals surface area contributed by atoms with E-state index in [1.807, 2.05) is 6.07 Å². The maximum Gasteiger partial charge on any atom is 0.347 e. The zero-order chi connectivity index (χ0) is 14.0. The monoisotopic (exact) mass is 297 g/mol. The summed E-state index contributed by atoms with van der Waals surface area (Å²) in [5.74, 6) is -0.323. The number of halogens is 1. The first kappa shape index (κ1) is 13.8. The van der Waals surface area contributed by atoms with E-state index in [4.69, 9.17) is 11.6 Å². The highest BCUT2D eigenvalue weighted by Gasteiger charge is 2.17. The number of nitrogens with zero attached hydrogens (tertiary/aromatic N) is 1. The van der Waals surface area contributed by atoms with Crippen molar-refractivity contribution in [3.8, 4) is 0 Å². The molecule has 0 saturated carbocycles. The van der Waals surface area contributed by atoms with Gasteiger partial charge >= 0.3 is 5.69 Å². The topological polar surface area (TPSA) is 74.8 Å². The van der Waals surface area contributed by atoms with Crippen molar-refractivity contribution in [2.24, 2.45) is 0 Å². The molecule has 19 heavy (non-hydrogen) atoms. The van der Waals surface area contributed by atoms with Gasteiger partial charge in [-0.15, -0.1) is 11.3 Å². The zero-order valence-corrected chi connectivity index (χ0v) is 11.9. The van der Waals surface area contributed by atoms with E-state index in [2.05, 4.69) is 15.3 Å². The van der Waals surface area contributed by atoms with E-state index in [0.29, 0.717) is 10.0 Å². The van der Waals surface area contributed by atoms with Gasteiger partial charge in [0.05, 0.1) is 10.3 Å². The number of amides is 1. The molecule has 0 aliphatic rings. The summed E-state index contributed by atoms with van der Waals surface area (Å²) in [6.45, 7) is 3.50. The van der Waals surface area contributed by atoms with Crippen LogP contribution < -0.4 is 11.0 Å². The van der Waals surface area contributed by atoms with Gasteiger partial charge < -0.3 is 10.3 Å². The summed E-state index contributed by atoms with van der Waals surface area (Å²) in [5, 5.41) is 2.62. The van der Waals surface area contributed by atoms with Gasteiger partial charge in [-0.05, 0) is 26.0 Å². The fourth-order valence-corrected chi connectivity index (χ4v) is 2.68. The summed E-state index contributed by atoms with van der Waals surface area (Å²) >= 11 is 7.20. The summed E-state index contributed by atoms with van der Waals surface area (Å²) < 4.78 is 0.639. The minimum atomic E-state index is -0.484. The van der Waals surface area contributed by atoms with Crippen LogP contribution in [0.25, 0.3) is 0 Å². The largest absolute Gasteiger partial charge is 0.347 e. The number of H-pyrrole nitrogens is 1. The number of anilines is 1. The third-order valence-corrected chi connectivity index (χ3v) is 3.96. The molecule has 0 unspecified atom stereocenters. The predicted octanol–water partition coefficient (Wildman–Crippen LogP) is 2.54. The molecule has 0 aliphatic heterocycles. The molecule has 2 aromatic rings. The maximum absolute atomic E-state index is 12.0. The van der Waals surface area contributed by atoms with Gasteiger partial charge in [0.2, 0.25) is 5.91 Å². The second kappa shape index (κ2) is 5.54. The fraction of sp³-hybridized carbons (Fsp3) is 0.250. The third kappa shape index (κ3) is 3.42. The number of carbonyl (C=O) groups excluding carboxylic acids is 1. The normalized spacial score (nSPS) is 12.2. The first-order chi connectivity index (χ1) is 8.95. The number of nitrogens with one attached hydrogen (secondary N) is 2. The molecule has 0 fully saturated rings. The lowest BCUT2D eigenvalue weighted by atomic mass is 10.1. The number of rotatable bonds is 3. The molecular weight excluding hydrogens is 286 g/mol. The molecular formula is C12H12ClN3O2S. The molecule has 2 aromatic heterocycles. The molecule has 2 rings (SSSR count). The van der Waals surface area contributed by atoms with Gasteiger partial charge in [-0.2, -0.15) is 4.98 Å². The van der Waals surface area contributed by atoms with Gasteiger partial charge in [0.25, 0.3) is 0 Å². The molecule has 7 heteroatoms. The lowest BCUT2D eigenvalue weighted by Gasteiger charge is -2.09. The van der Waals surface area contributed by atoms with Crippen LogP contribution in [0.15, 0.2) is 23.0 Å². The Morgan fingerprint density at radius 3 is 2.84 bits per heavy atom. The van der Waals surface area contributed by atoms with Crippen molar-refractivity contribution in [2.75, 3.05) is 5.32 Å². The SMILES string of the molecule is Cc1cc(NC(=O)[C@@H](C)c2ccc(Cl)s2)nc(=O)[nH]1. The molecule has 0 bridgehead atoms. The first-order valence-electron chi connectivity index (χ1n) is 5.60. The quantitative estimate of drug-likeness (QED) is 0.914. The van der Waals surface area contributed by atoms with Gasteiger partial charge in [0.1, 0.15) is 5.82 Å². The molecule has 100 valence electrons. The highest BCUT2D eigenvalue weighted by molar-refractivity contribution is 7.16. The smallest absolute Gasteiger partial charge is 0.310 e. The van der Waals surface area contributed by atoms with E-state index in [0.717, 1.165) is 4.88 Å². The van der Waals surface area contributed by atoms with Crippen LogP contribution in [0, 0.1) is 6.92 Å². The van der Waals surface area contributed by atoms with E-state index in [1.54, 1.807) is 26.0 Å². The number of aromatic amines is 1. The summed E-state index contributed by atoms with van der Waals surface area (Å²) in [6, 6.07) is 5.17. The molecule has 2 N–H and O–H groups in total. The van der Waals surface area contributed by atoms with Crippen molar-refractivity contribution < 1.29 is 4.79 Å². The van der Waals surface area contributed by atoms with Gasteiger partial charge in [-0.3, -0.25) is 4.79 Å². The van der Waals surface area contributed by atoms with Crippen LogP contribution in [0.5, 0.6) is 0 Å². The Morgan fingerprint density at radius 2 is 2.26 bits per heavy atom. The van der Waals surface area contributed by atoms with Crippen LogP contribution in [-0.4, -0.2) is 15.9 Å². The summed E-state index contributed by atoms with van der Waals surface area (Å²) in [6.07, 6.45) is 0. The van der Waals surface area contributed by atoms with E-state index in [-0.39, 0.29) is 17.6 Å². The van der Waals surface area contributed by atoms with Gasteiger partial charge in [0.15, 0.2) is 0 Å². The minimum Gasteiger partial charge on any atom is -0.310 e. The lowest BCUT2D eigenvalue weighted by molar-refractivity contribution is -0.117. The average molecular weight is 298 g/mol. The Balaban J connectivity index is 2.14. The lowest BCUT2D eigenvalue weighted by Crippen LogP contribution is -2.22. The number of hydrogen-bond acceptors (Lipinski definition) is 4. The maximum atomic E-state index is 12.0. The van der Waals surface area contributed by atoms with Crippen molar-refractivity contribution in [2.45, 2.75) is 19.8 Å². The second-order valence-corrected chi connectivity index (χ2v) is 5.85. The van der Waals surface area contributed by atoms with Crippen LogP contribution in [0.4, 0.5) is 5.82 Å². The Labute approximate surface area is 118 Å². The van der Waals surface area contributed by atoms with E-state index >= 15 is 0 Å². The number of thiophene rings is 1. The number of aryl methyl sites for hydroxylation is 1. The van der Waals surface area contributed by atoms with Crippen molar-refractivity contribution in [3.05, 3.63) is 43.6 Å². The van der Waals surface area contributed by atoms with Crippen LogP contribution in [0.3, 0.4) is 0 Å². The van der Waals surface area contributed by atoms with E-state index in [1.165, 1.54) is 11.3 Å². The van der Waals surface area contributed by atoms with E-state index < -0.39 is 5.69 Å². The minimum absolute atomic E-state index is 0.226. The van der Waals surface area contributed by atoms with Crippen molar-refractivity contribution >= 4 is 34.7 Å². The Morgan fingerprint density at radius 1 is 1.53 bits per heavy atom. The fourth-order valence-electron chi connectivity index (χ4n) is 1.57. The van der Waals surface area contributed by atoms with Crippen molar-refractivity contribution in [1.82, 2.24) is 9.97 Å². The standard InChI is InChI=1S/C12H12ClN3O2S/c1-6-5-10(16-12(18)14-6)15-11(17)7(2)8-3-4-9(13)19-8/h3-5,7H,1-2H3,(H2,14,15,16,17,18)/t7-/m0/s1. The Hall–Kier alpha value is -1.66. The van der Waals surface area contributed by atoms with Crippen LogP contribution in [0.2, 0.25) is 4.34 Å². The summed E-state index contributed by atoms with van der Waals surface area (Å²) in [7, 11) is 0. The number of hydrogen-bond donors (Lipinski definition) is 2. The summed E-state index contributed by atoms with van der Waals surface area (Å²) in [5.41, 5.74) is 0.157. The molecule has 0 spiro atoms. The Bertz CT molecular complexity index is 665. The second-order valence-electron chi connectivity index (χ2n) is 4.11. The summed E-state index contributed by atoms with van der Waals surface area (Å²) in [4.78, 5) is 30.3. The van der Waals surface area contributed by atoms with Gasteiger partial charge in [0, 0.05) is 16.6 Å². The molecule has 0 radical (unpaired) electrons. The molecule has 2 heterocycles. The van der Waals surface area contributed by atoms with Crippen LogP contribution in [0.1, 0.15) is 23.4 Å². The highest BCUT2D eigenvalue weighted by Crippen LogP contribution is 2.28. The predicted molar refractivity (Wildman–Crippen MR) is 76.0 cm³/mol. The van der Waals surface area contributed by atoms with Gasteiger partial charge in [-0.1, -0.05) is 11.6 Å². The third-order valence-electron chi connectivity index (χ3n) is 2.54. The molecule has 0 aromatic carbocycles. The number of aromatic nitrogens is 2. The van der Waals surface area contributed by atoms with E-state index in [9.17, 15) is 9.59 Å². The van der Waals surface area contributed by atoms with Gasteiger partial charge in [-0.25, -0.2) is 4.79 Å². The molecule has 1 amide bonds. The molecule has 5 nitrogen and oxygen atoms in total. The highest BCUT2D eigenvalue weighted by atomic mass is 35.5. The van der Waals surface area contributed by atoms with Crippen LogP contribution >= 0.6 is 22.9 Å². The number of carbonyl (C=O) groups is 1. The molecule has 0 saturated heterocycles. The average Bonchev–Trinajstić information content (AvgIpc) is 2.73. The van der Waals surface area contributed by atoms with Crippen LogP contribution in [-0.2, 0) is 4.79 Å². The first-order valence-corrected chi connectivity index (χ1v) is 6.79. The molecule has 0 aliphatic carbocycles. The Kier molecular flexibility index (Phi) is 4.01. The molecule has 1 atom stereocenters. The zero-order valence-electron chi connectivity index (χ0n) is 10.4. The van der Waals surface area contributed by atoms with Crippen molar-refractivity contribution in [1.29, 1.82) is 0 Å². The van der Waals surface area contributed by atoms with Crippen molar-refractivity contribution in [3.63, 3.8) is 0 Å².